The SMILES string of the molecule is CCCCCCCC(=O)Nc1sc(C)c(C)c1C#N. The predicted octanol–water partition coefficient (Wildman–Crippen LogP) is 4.54. The van der Waals surface area contributed by atoms with Gasteiger partial charge in [0.2, 0.25) is 5.91 Å². The van der Waals surface area contributed by atoms with Crippen LogP contribution in [0.25, 0.3) is 0 Å². The third-order valence-electron chi connectivity index (χ3n) is 3.26. The van der Waals surface area contributed by atoms with Crippen LogP contribution in [0, 0.1) is 25.2 Å². The highest BCUT2D eigenvalue weighted by atomic mass is 32.1. The summed E-state index contributed by atoms with van der Waals surface area (Å²) in [6, 6.07) is 2.17. The van der Waals surface area contributed by atoms with Crippen LogP contribution in [0.3, 0.4) is 0 Å². The van der Waals surface area contributed by atoms with E-state index in [0.29, 0.717) is 17.0 Å². The largest absolute Gasteiger partial charge is 0.317 e. The fourth-order valence-corrected chi connectivity index (χ4v) is 2.95. The molecule has 19 heavy (non-hydrogen) atoms. The van der Waals surface area contributed by atoms with Gasteiger partial charge in [0.25, 0.3) is 0 Å². The van der Waals surface area contributed by atoms with Gasteiger partial charge < -0.3 is 5.32 Å². The van der Waals surface area contributed by atoms with Crippen molar-refractivity contribution in [1.82, 2.24) is 0 Å². The number of amides is 1. The van der Waals surface area contributed by atoms with E-state index in [-0.39, 0.29) is 5.91 Å². The third kappa shape index (κ3) is 4.68. The molecule has 0 radical (unpaired) electrons. The molecule has 0 unspecified atom stereocenters. The molecule has 4 heteroatoms. The van der Waals surface area contributed by atoms with Crippen molar-refractivity contribution in [3.05, 3.63) is 16.0 Å². The predicted molar refractivity (Wildman–Crippen MR) is 80.5 cm³/mol. The minimum absolute atomic E-state index is 0.0225. The summed E-state index contributed by atoms with van der Waals surface area (Å²) in [6.07, 6.45) is 6.23. The Hall–Kier alpha value is -1.34. The van der Waals surface area contributed by atoms with Crippen molar-refractivity contribution < 1.29 is 4.79 Å². The molecule has 1 aromatic rings. The fraction of sp³-hybridized carbons (Fsp3) is 0.600. The van der Waals surface area contributed by atoms with Crippen molar-refractivity contribution in [1.29, 1.82) is 5.26 Å². The number of nitrogens with zero attached hydrogens (tertiary/aromatic N) is 1. The maximum atomic E-state index is 11.8. The Morgan fingerprint density at radius 1 is 1.26 bits per heavy atom. The molecule has 0 aliphatic heterocycles. The lowest BCUT2D eigenvalue weighted by atomic mass is 10.1. The average Bonchev–Trinajstić information content (AvgIpc) is 2.64. The Morgan fingerprint density at radius 2 is 1.95 bits per heavy atom. The second-order valence-corrected chi connectivity index (χ2v) is 6.04. The van der Waals surface area contributed by atoms with E-state index >= 15 is 0 Å². The zero-order chi connectivity index (χ0) is 14.3. The smallest absolute Gasteiger partial charge is 0.225 e. The van der Waals surface area contributed by atoms with E-state index in [1.165, 1.54) is 30.6 Å². The highest BCUT2D eigenvalue weighted by Gasteiger charge is 2.14. The second-order valence-electron chi connectivity index (χ2n) is 4.81. The van der Waals surface area contributed by atoms with Crippen molar-refractivity contribution in [3.8, 4) is 6.07 Å². The van der Waals surface area contributed by atoms with Crippen LogP contribution in [0.15, 0.2) is 0 Å². The van der Waals surface area contributed by atoms with E-state index in [2.05, 4.69) is 18.3 Å². The first-order valence-corrected chi connectivity index (χ1v) is 7.71. The monoisotopic (exact) mass is 278 g/mol. The number of anilines is 1. The summed E-state index contributed by atoms with van der Waals surface area (Å²) in [6.45, 7) is 6.07. The van der Waals surface area contributed by atoms with Crippen molar-refractivity contribution in [2.75, 3.05) is 5.32 Å². The number of aryl methyl sites for hydroxylation is 1. The Morgan fingerprint density at radius 3 is 2.58 bits per heavy atom. The fourth-order valence-electron chi connectivity index (χ4n) is 1.93. The van der Waals surface area contributed by atoms with Gasteiger partial charge >= 0.3 is 0 Å². The van der Waals surface area contributed by atoms with Gasteiger partial charge in [-0.1, -0.05) is 32.6 Å². The van der Waals surface area contributed by atoms with Gasteiger partial charge in [0.1, 0.15) is 11.1 Å². The van der Waals surface area contributed by atoms with E-state index in [1.807, 2.05) is 13.8 Å². The van der Waals surface area contributed by atoms with E-state index in [0.717, 1.165) is 23.3 Å². The Bertz CT molecular complexity index is 471. The molecule has 0 saturated carbocycles. The molecule has 1 N–H and O–H groups in total. The Kier molecular flexibility index (Phi) is 6.58. The van der Waals surface area contributed by atoms with E-state index in [9.17, 15) is 4.79 Å². The van der Waals surface area contributed by atoms with E-state index in [4.69, 9.17) is 5.26 Å². The molecule has 0 aliphatic carbocycles. The minimum atomic E-state index is 0.0225. The zero-order valence-electron chi connectivity index (χ0n) is 12.0. The van der Waals surface area contributed by atoms with Crippen LogP contribution in [0.4, 0.5) is 5.00 Å². The standard InChI is InChI=1S/C15H22N2OS/c1-4-5-6-7-8-9-14(18)17-15-13(10-16)11(2)12(3)19-15/h4-9H2,1-3H3,(H,17,18). The molecule has 0 saturated heterocycles. The van der Waals surface area contributed by atoms with Gasteiger partial charge in [-0.15, -0.1) is 11.3 Å². The first kappa shape index (κ1) is 15.7. The van der Waals surface area contributed by atoms with Crippen LogP contribution < -0.4 is 5.32 Å². The second kappa shape index (κ2) is 7.96. The molecular formula is C15H22N2OS. The maximum absolute atomic E-state index is 11.8. The lowest BCUT2D eigenvalue weighted by molar-refractivity contribution is -0.116. The van der Waals surface area contributed by atoms with Gasteiger partial charge in [-0.2, -0.15) is 5.26 Å². The van der Waals surface area contributed by atoms with Crippen molar-refractivity contribution in [2.45, 2.75) is 59.3 Å². The zero-order valence-corrected chi connectivity index (χ0v) is 12.8. The van der Waals surface area contributed by atoms with Crippen LogP contribution in [-0.2, 0) is 4.79 Å². The summed E-state index contributed by atoms with van der Waals surface area (Å²) in [5.41, 5.74) is 1.59. The van der Waals surface area contributed by atoms with Gasteiger partial charge in [-0.05, 0) is 25.8 Å². The molecule has 104 valence electrons. The van der Waals surface area contributed by atoms with Gasteiger partial charge in [0.15, 0.2) is 0 Å². The quantitative estimate of drug-likeness (QED) is 0.745. The molecule has 0 aromatic carbocycles. The molecule has 1 rings (SSSR count). The van der Waals surface area contributed by atoms with E-state index in [1.54, 1.807) is 0 Å². The van der Waals surface area contributed by atoms with Crippen LogP contribution in [0.2, 0.25) is 0 Å². The van der Waals surface area contributed by atoms with E-state index < -0.39 is 0 Å². The molecule has 3 nitrogen and oxygen atoms in total. The molecule has 0 aliphatic rings. The first-order chi connectivity index (χ1) is 9.10. The van der Waals surface area contributed by atoms with Gasteiger partial charge in [-0.25, -0.2) is 0 Å². The first-order valence-electron chi connectivity index (χ1n) is 6.90. The summed E-state index contributed by atoms with van der Waals surface area (Å²) in [7, 11) is 0. The summed E-state index contributed by atoms with van der Waals surface area (Å²) in [5, 5.41) is 12.7. The maximum Gasteiger partial charge on any atom is 0.225 e. The van der Waals surface area contributed by atoms with Crippen LogP contribution in [0.5, 0.6) is 0 Å². The Labute approximate surface area is 119 Å². The summed E-state index contributed by atoms with van der Waals surface area (Å²) in [5.74, 6) is 0.0225. The molecule has 0 atom stereocenters. The number of nitriles is 1. The Balaban J connectivity index is 2.45. The van der Waals surface area contributed by atoms with Crippen molar-refractivity contribution >= 4 is 22.2 Å². The molecule has 1 heterocycles. The third-order valence-corrected chi connectivity index (χ3v) is 4.38. The normalized spacial score (nSPS) is 10.2. The number of unbranched alkanes of at least 4 members (excludes halogenated alkanes) is 4. The number of hydrogen-bond donors (Lipinski definition) is 1. The summed E-state index contributed by atoms with van der Waals surface area (Å²) in [4.78, 5) is 12.9. The van der Waals surface area contributed by atoms with Crippen LogP contribution in [0.1, 0.15) is 61.5 Å². The lowest BCUT2D eigenvalue weighted by Gasteiger charge is -2.03. The summed E-state index contributed by atoms with van der Waals surface area (Å²) >= 11 is 1.49. The topological polar surface area (TPSA) is 52.9 Å². The molecule has 1 amide bonds. The lowest BCUT2D eigenvalue weighted by Crippen LogP contribution is -2.10. The number of hydrogen-bond acceptors (Lipinski definition) is 3. The van der Waals surface area contributed by atoms with Crippen molar-refractivity contribution in [3.63, 3.8) is 0 Å². The number of carbonyl (C=O) groups is 1. The number of carbonyl (C=O) groups excluding carboxylic acids is 1. The van der Waals surface area contributed by atoms with Gasteiger partial charge in [-0.3, -0.25) is 4.79 Å². The molecule has 0 spiro atoms. The number of rotatable bonds is 7. The highest BCUT2D eigenvalue weighted by Crippen LogP contribution is 2.31. The summed E-state index contributed by atoms with van der Waals surface area (Å²) < 4.78 is 0. The number of nitrogens with one attached hydrogen (secondary N) is 1. The van der Waals surface area contributed by atoms with Gasteiger partial charge in [0, 0.05) is 11.3 Å². The van der Waals surface area contributed by atoms with Gasteiger partial charge in [0.05, 0.1) is 5.56 Å². The molecule has 0 bridgehead atoms. The van der Waals surface area contributed by atoms with Crippen LogP contribution >= 0.6 is 11.3 Å². The molecule has 0 fully saturated rings. The molecular weight excluding hydrogens is 256 g/mol. The molecule has 1 aromatic heterocycles. The van der Waals surface area contributed by atoms with Crippen molar-refractivity contribution in [2.24, 2.45) is 0 Å². The van der Waals surface area contributed by atoms with Crippen LogP contribution in [-0.4, -0.2) is 5.91 Å². The average molecular weight is 278 g/mol. The highest BCUT2D eigenvalue weighted by molar-refractivity contribution is 7.16. The number of thiophene rings is 1. The minimum Gasteiger partial charge on any atom is -0.317 e.